The molecular weight excluding hydrogens is 204 g/mol. The lowest BCUT2D eigenvalue weighted by atomic mass is 10.2. The Balaban J connectivity index is 2.47. The summed E-state index contributed by atoms with van der Waals surface area (Å²) < 4.78 is 0. The Labute approximate surface area is 94.8 Å². The number of nitrogen functional groups attached to an aromatic ring is 1. The molecule has 0 aromatic heterocycles. The van der Waals surface area contributed by atoms with Crippen LogP contribution in [-0.2, 0) is 4.79 Å². The van der Waals surface area contributed by atoms with E-state index in [-0.39, 0.29) is 12.5 Å². The van der Waals surface area contributed by atoms with Gasteiger partial charge in [-0.25, -0.2) is 0 Å². The van der Waals surface area contributed by atoms with Gasteiger partial charge in [-0.2, -0.15) is 0 Å². The topological polar surface area (TPSA) is 75.3 Å². The van der Waals surface area contributed by atoms with Gasteiger partial charge in [0.25, 0.3) is 0 Å². The van der Waals surface area contributed by atoms with E-state index in [4.69, 9.17) is 10.8 Å². The molecule has 0 aliphatic heterocycles. The fourth-order valence-electron chi connectivity index (χ4n) is 1.09. The number of amides is 1. The molecule has 0 saturated carbocycles. The van der Waals surface area contributed by atoms with Crippen LogP contribution < -0.4 is 11.1 Å². The van der Waals surface area contributed by atoms with Gasteiger partial charge >= 0.3 is 0 Å². The van der Waals surface area contributed by atoms with E-state index < -0.39 is 6.10 Å². The van der Waals surface area contributed by atoms with Crippen LogP contribution in [-0.4, -0.2) is 23.7 Å². The van der Waals surface area contributed by atoms with Crippen molar-refractivity contribution in [3.05, 3.63) is 35.9 Å². The fourth-order valence-corrected chi connectivity index (χ4v) is 1.09. The van der Waals surface area contributed by atoms with Gasteiger partial charge in [0.15, 0.2) is 0 Å². The van der Waals surface area contributed by atoms with Crippen molar-refractivity contribution in [1.29, 1.82) is 0 Å². The predicted octanol–water partition coefficient (Wildman–Crippen LogP) is 0.779. The first-order valence-electron chi connectivity index (χ1n) is 5.07. The molecule has 86 valence electrons. The van der Waals surface area contributed by atoms with Gasteiger partial charge in [-0.15, -0.1) is 0 Å². The molecule has 0 unspecified atom stereocenters. The number of aliphatic hydroxyl groups excluding tert-OH is 1. The van der Waals surface area contributed by atoms with Crippen molar-refractivity contribution in [3.63, 3.8) is 0 Å². The minimum atomic E-state index is -0.533. The number of nitrogens with one attached hydrogen (secondary N) is 1. The Kier molecular flexibility index (Phi) is 4.54. The summed E-state index contributed by atoms with van der Waals surface area (Å²) in [6.45, 7) is 1.87. The van der Waals surface area contributed by atoms with E-state index >= 15 is 0 Å². The minimum absolute atomic E-state index is 0.224. The number of aliphatic hydroxyl groups is 1. The third kappa shape index (κ3) is 4.61. The minimum Gasteiger partial charge on any atom is -0.399 e. The van der Waals surface area contributed by atoms with Gasteiger partial charge in [-0.1, -0.05) is 12.1 Å². The Morgan fingerprint density at radius 1 is 1.50 bits per heavy atom. The van der Waals surface area contributed by atoms with E-state index in [2.05, 4.69) is 5.32 Å². The quantitative estimate of drug-likeness (QED) is 0.518. The molecule has 1 aromatic carbocycles. The lowest BCUT2D eigenvalue weighted by molar-refractivity contribution is -0.116. The molecule has 1 amide bonds. The highest BCUT2D eigenvalue weighted by Crippen LogP contribution is 2.06. The van der Waals surface area contributed by atoms with Crippen LogP contribution in [0.2, 0.25) is 0 Å². The van der Waals surface area contributed by atoms with Crippen molar-refractivity contribution in [2.75, 3.05) is 12.3 Å². The monoisotopic (exact) mass is 220 g/mol. The maximum atomic E-state index is 11.3. The maximum Gasteiger partial charge on any atom is 0.244 e. The lowest BCUT2D eigenvalue weighted by Crippen LogP contribution is -2.28. The third-order valence-corrected chi connectivity index (χ3v) is 1.94. The average Bonchev–Trinajstić information content (AvgIpc) is 2.25. The molecule has 4 heteroatoms. The molecule has 0 heterocycles. The van der Waals surface area contributed by atoms with Gasteiger partial charge in [0.2, 0.25) is 5.91 Å². The number of carbonyl (C=O) groups excluding carboxylic acids is 1. The fraction of sp³-hybridized carbons (Fsp3) is 0.250. The maximum absolute atomic E-state index is 11.3. The van der Waals surface area contributed by atoms with Crippen molar-refractivity contribution >= 4 is 17.7 Å². The van der Waals surface area contributed by atoms with Crippen molar-refractivity contribution in [2.24, 2.45) is 0 Å². The van der Waals surface area contributed by atoms with Crippen LogP contribution in [0.1, 0.15) is 12.5 Å². The third-order valence-electron chi connectivity index (χ3n) is 1.94. The molecule has 0 aliphatic rings. The number of benzene rings is 1. The second kappa shape index (κ2) is 5.92. The molecule has 0 radical (unpaired) electrons. The van der Waals surface area contributed by atoms with E-state index in [0.717, 1.165) is 5.56 Å². The molecule has 1 atom stereocenters. The second-order valence-corrected chi connectivity index (χ2v) is 3.59. The van der Waals surface area contributed by atoms with E-state index in [1.807, 2.05) is 12.1 Å². The van der Waals surface area contributed by atoms with Crippen molar-refractivity contribution < 1.29 is 9.90 Å². The number of hydrogen-bond acceptors (Lipinski definition) is 3. The molecule has 0 fully saturated rings. The van der Waals surface area contributed by atoms with Crippen molar-refractivity contribution in [1.82, 2.24) is 5.32 Å². The van der Waals surface area contributed by atoms with E-state index in [1.54, 1.807) is 25.1 Å². The Morgan fingerprint density at radius 3 is 2.69 bits per heavy atom. The van der Waals surface area contributed by atoms with E-state index in [0.29, 0.717) is 5.69 Å². The Bertz CT molecular complexity index is 369. The molecule has 16 heavy (non-hydrogen) atoms. The van der Waals surface area contributed by atoms with Gasteiger partial charge in [0, 0.05) is 18.3 Å². The summed E-state index contributed by atoms with van der Waals surface area (Å²) in [5.41, 5.74) is 7.13. The summed E-state index contributed by atoms with van der Waals surface area (Å²) in [6.07, 6.45) is 2.58. The van der Waals surface area contributed by atoms with Crippen LogP contribution in [0.15, 0.2) is 30.3 Å². The summed E-state index contributed by atoms with van der Waals surface area (Å²) >= 11 is 0. The first kappa shape index (κ1) is 12.3. The van der Waals surface area contributed by atoms with Crippen LogP contribution in [0.25, 0.3) is 6.08 Å². The zero-order chi connectivity index (χ0) is 12.0. The zero-order valence-corrected chi connectivity index (χ0v) is 9.18. The smallest absolute Gasteiger partial charge is 0.244 e. The van der Waals surface area contributed by atoms with E-state index in [9.17, 15) is 4.79 Å². The summed E-state index contributed by atoms with van der Waals surface area (Å²) in [5.74, 6) is -0.224. The molecular formula is C12H16N2O2. The second-order valence-electron chi connectivity index (χ2n) is 3.59. The average molecular weight is 220 g/mol. The van der Waals surface area contributed by atoms with Crippen molar-refractivity contribution in [2.45, 2.75) is 13.0 Å². The van der Waals surface area contributed by atoms with Crippen LogP contribution in [0, 0.1) is 0 Å². The molecule has 0 bridgehead atoms. The summed E-state index contributed by atoms with van der Waals surface area (Å²) in [4.78, 5) is 11.3. The summed E-state index contributed by atoms with van der Waals surface area (Å²) in [7, 11) is 0. The van der Waals surface area contributed by atoms with Gasteiger partial charge < -0.3 is 16.2 Å². The van der Waals surface area contributed by atoms with Crippen molar-refractivity contribution in [3.8, 4) is 0 Å². The molecule has 1 rings (SSSR count). The highest BCUT2D eigenvalue weighted by atomic mass is 16.3. The number of rotatable bonds is 4. The molecule has 0 spiro atoms. The van der Waals surface area contributed by atoms with E-state index in [1.165, 1.54) is 6.08 Å². The van der Waals surface area contributed by atoms with Crippen LogP contribution in [0.5, 0.6) is 0 Å². The lowest BCUT2D eigenvalue weighted by Gasteiger charge is -2.03. The zero-order valence-electron chi connectivity index (χ0n) is 9.18. The largest absolute Gasteiger partial charge is 0.399 e. The standard InChI is InChI=1S/C12H16N2O2/c1-9(15)8-14-12(16)7-4-10-2-5-11(13)6-3-10/h2-7,9,15H,8,13H2,1H3,(H,14,16)/b7-4+/t9-/m1/s1. The summed E-state index contributed by atoms with van der Waals surface area (Å²) in [5, 5.41) is 11.5. The molecule has 4 N–H and O–H groups in total. The molecule has 1 aromatic rings. The normalized spacial score (nSPS) is 12.6. The van der Waals surface area contributed by atoms with Crippen LogP contribution in [0.4, 0.5) is 5.69 Å². The highest BCUT2D eigenvalue weighted by molar-refractivity contribution is 5.91. The van der Waals surface area contributed by atoms with Crippen LogP contribution >= 0.6 is 0 Å². The Hall–Kier alpha value is -1.81. The molecule has 4 nitrogen and oxygen atoms in total. The highest BCUT2D eigenvalue weighted by Gasteiger charge is 1.98. The SMILES string of the molecule is C[C@@H](O)CNC(=O)/C=C/c1ccc(N)cc1. The first-order valence-corrected chi connectivity index (χ1v) is 5.07. The number of nitrogens with two attached hydrogens (primary N) is 1. The number of hydrogen-bond donors (Lipinski definition) is 3. The predicted molar refractivity (Wildman–Crippen MR) is 64.6 cm³/mol. The Morgan fingerprint density at radius 2 is 2.12 bits per heavy atom. The first-order chi connectivity index (χ1) is 7.58. The molecule has 0 saturated heterocycles. The number of carbonyl (C=O) groups is 1. The van der Waals surface area contributed by atoms with Gasteiger partial charge in [0.1, 0.15) is 0 Å². The number of anilines is 1. The molecule has 0 aliphatic carbocycles. The van der Waals surface area contributed by atoms with Gasteiger partial charge in [0.05, 0.1) is 6.10 Å². The van der Waals surface area contributed by atoms with Gasteiger partial charge in [-0.3, -0.25) is 4.79 Å². The van der Waals surface area contributed by atoms with Gasteiger partial charge in [-0.05, 0) is 30.7 Å². The summed E-state index contributed by atoms with van der Waals surface area (Å²) in [6, 6.07) is 7.20. The van der Waals surface area contributed by atoms with Crippen LogP contribution in [0.3, 0.4) is 0 Å².